The van der Waals surface area contributed by atoms with Crippen molar-refractivity contribution in [3.05, 3.63) is 28.2 Å². The van der Waals surface area contributed by atoms with Crippen LogP contribution in [0.5, 0.6) is 0 Å². The summed E-state index contributed by atoms with van der Waals surface area (Å²) >= 11 is 3.45. The molecule has 104 valence electrons. The number of nitrogens with one attached hydrogen (secondary N) is 1. The number of anilines is 1. The molecule has 4 fully saturated rings. The number of rotatable bonds is 2. The normalized spacial score (nSPS) is 37.7. The highest BCUT2D eigenvalue weighted by molar-refractivity contribution is 9.10. The minimum Gasteiger partial charge on any atom is -0.379 e. The van der Waals surface area contributed by atoms with E-state index < -0.39 is 0 Å². The SMILES string of the molecule is N#Cc1cc(Br)ccc1NC12CC3CC(CC(C3)C1)C2. The lowest BCUT2D eigenvalue weighted by Crippen LogP contribution is -2.54. The molecule has 2 nitrogen and oxygen atoms in total. The lowest BCUT2D eigenvalue weighted by atomic mass is 9.53. The minimum absolute atomic E-state index is 0.272. The van der Waals surface area contributed by atoms with Crippen LogP contribution in [0.2, 0.25) is 0 Å². The van der Waals surface area contributed by atoms with Crippen LogP contribution >= 0.6 is 15.9 Å². The third-order valence-corrected chi connectivity index (χ3v) is 6.03. The van der Waals surface area contributed by atoms with Gasteiger partial charge < -0.3 is 5.32 Å². The number of benzene rings is 1. The van der Waals surface area contributed by atoms with Gasteiger partial charge in [0.2, 0.25) is 0 Å². The van der Waals surface area contributed by atoms with Gasteiger partial charge in [0, 0.05) is 10.0 Å². The highest BCUT2D eigenvalue weighted by Crippen LogP contribution is 2.56. The van der Waals surface area contributed by atoms with E-state index in [1.54, 1.807) is 0 Å². The van der Waals surface area contributed by atoms with Crippen LogP contribution in [-0.4, -0.2) is 5.54 Å². The smallest absolute Gasteiger partial charge is 0.101 e. The lowest BCUT2D eigenvalue weighted by molar-refractivity contribution is 0.0107. The maximum absolute atomic E-state index is 9.34. The minimum atomic E-state index is 0.272. The summed E-state index contributed by atoms with van der Waals surface area (Å²) in [5.41, 5.74) is 2.06. The van der Waals surface area contributed by atoms with Crippen molar-refractivity contribution in [2.24, 2.45) is 17.8 Å². The number of hydrogen-bond acceptors (Lipinski definition) is 2. The molecule has 20 heavy (non-hydrogen) atoms. The maximum atomic E-state index is 9.34. The maximum Gasteiger partial charge on any atom is 0.101 e. The Morgan fingerprint density at radius 3 is 2.25 bits per heavy atom. The van der Waals surface area contributed by atoms with Crippen LogP contribution in [0.4, 0.5) is 5.69 Å². The summed E-state index contributed by atoms with van der Waals surface area (Å²) in [4.78, 5) is 0. The van der Waals surface area contributed by atoms with E-state index in [-0.39, 0.29) is 5.54 Å². The molecule has 3 heteroatoms. The van der Waals surface area contributed by atoms with Gasteiger partial charge in [-0.25, -0.2) is 0 Å². The van der Waals surface area contributed by atoms with Crippen LogP contribution in [0.15, 0.2) is 22.7 Å². The van der Waals surface area contributed by atoms with E-state index in [4.69, 9.17) is 0 Å². The van der Waals surface area contributed by atoms with Gasteiger partial charge in [-0.2, -0.15) is 5.26 Å². The topological polar surface area (TPSA) is 35.8 Å². The Balaban J connectivity index is 1.65. The summed E-state index contributed by atoms with van der Waals surface area (Å²) < 4.78 is 0.977. The molecule has 0 aliphatic heterocycles. The van der Waals surface area contributed by atoms with E-state index in [1.807, 2.05) is 12.1 Å². The zero-order chi connectivity index (χ0) is 13.7. The predicted molar refractivity (Wildman–Crippen MR) is 83.4 cm³/mol. The zero-order valence-electron chi connectivity index (χ0n) is 11.5. The molecule has 0 atom stereocenters. The Bertz CT molecular complexity index is 552. The first kappa shape index (κ1) is 12.7. The average molecular weight is 331 g/mol. The van der Waals surface area contributed by atoms with Gasteiger partial charge in [-0.05, 0) is 74.5 Å². The highest BCUT2D eigenvalue weighted by atomic mass is 79.9. The van der Waals surface area contributed by atoms with E-state index >= 15 is 0 Å². The fourth-order valence-electron chi connectivity index (χ4n) is 5.27. The number of halogens is 1. The van der Waals surface area contributed by atoms with Crippen molar-refractivity contribution in [2.75, 3.05) is 5.32 Å². The lowest BCUT2D eigenvalue weighted by Gasteiger charge is -2.57. The van der Waals surface area contributed by atoms with Gasteiger partial charge in [-0.15, -0.1) is 0 Å². The molecule has 4 bridgehead atoms. The van der Waals surface area contributed by atoms with Gasteiger partial charge in [0.25, 0.3) is 0 Å². The van der Waals surface area contributed by atoms with Crippen molar-refractivity contribution in [2.45, 2.75) is 44.1 Å². The molecule has 1 aromatic rings. The quantitative estimate of drug-likeness (QED) is 0.852. The number of hydrogen-bond donors (Lipinski definition) is 1. The van der Waals surface area contributed by atoms with E-state index in [0.29, 0.717) is 0 Å². The van der Waals surface area contributed by atoms with E-state index in [2.05, 4.69) is 33.4 Å². The molecule has 0 unspecified atom stereocenters. The van der Waals surface area contributed by atoms with Gasteiger partial charge in [0.15, 0.2) is 0 Å². The molecule has 4 aliphatic rings. The first-order valence-electron chi connectivity index (χ1n) is 7.64. The van der Waals surface area contributed by atoms with Gasteiger partial charge in [-0.1, -0.05) is 15.9 Å². The van der Waals surface area contributed by atoms with Crippen LogP contribution in [0.3, 0.4) is 0 Å². The standard InChI is InChI=1S/C17H19BrN2/c18-15-1-2-16(14(6-15)10-19)20-17-7-11-3-12(8-17)5-13(4-11)9-17/h1-2,6,11-13,20H,3-5,7-9H2. The molecule has 0 spiro atoms. The molecule has 1 aromatic carbocycles. The summed E-state index contributed by atoms with van der Waals surface area (Å²) in [5, 5.41) is 13.1. The Labute approximate surface area is 128 Å². The third kappa shape index (κ3) is 2.05. The molecule has 4 aliphatic carbocycles. The van der Waals surface area contributed by atoms with Gasteiger partial charge in [-0.3, -0.25) is 0 Å². The predicted octanol–water partition coefficient (Wildman–Crippen LogP) is 4.70. The van der Waals surface area contributed by atoms with Crippen LogP contribution in [0.1, 0.15) is 44.1 Å². The van der Waals surface area contributed by atoms with E-state index in [0.717, 1.165) is 33.5 Å². The second-order valence-electron chi connectivity index (χ2n) is 7.12. The van der Waals surface area contributed by atoms with Crippen molar-refractivity contribution in [1.29, 1.82) is 5.26 Å². The Morgan fingerprint density at radius 2 is 1.70 bits per heavy atom. The second-order valence-corrected chi connectivity index (χ2v) is 8.04. The Morgan fingerprint density at radius 1 is 1.10 bits per heavy atom. The molecular weight excluding hydrogens is 312 g/mol. The number of nitriles is 1. The number of nitrogens with zero attached hydrogens (tertiary/aromatic N) is 1. The van der Waals surface area contributed by atoms with Crippen molar-refractivity contribution in [1.82, 2.24) is 0 Å². The van der Waals surface area contributed by atoms with E-state index in [1.165, 1.54) is 38.5 Å². The molecule has 0 aromatic heterocycles. The highest BCUT2D eigenvalue weighted by Gasteiger charge is 2.50. The van der Waals surface area contributed by atoms with Crippen molar-refractivity contribution in [3.63, 3.8) is 0 Å². The summed E-state index contributed by atoms with van der Waals surface area (Å²) in [6.07, 6.45) is 8.27. The van der Waals surface area contributed by atoms with Crippen LogP contribution < -0.4 is 5.32 Å². The van der Waals surface area contributed by atoms with Crippen LogP contribution in [0.25, 0.3) is 0 Å². The van der Waals surface area contributed by atoms with Gasteiger partial charge in [0.1, 0.15) is 6.07 Å². The molecule has 0 heterocycles. The van der Waals surface area contributed by atoms with Crippen molar-refractivity contribution < 1.29 is 0 Å². The van der Waals surface area contributed by atoms with Crippen LogP contribution in [-0.2, 0) is 0 Å². The van der Waals surface area contributed by atoms with E-state index in [9.17, 15) is 5.26 Å². The van der Waals surface area contributed by atoms with Gasteiger partial charge in [0.05, 0.1) is 11.3 Å². The van der Waals surface area contributed by atoms with Gasteiger partial charge >= 0.3 is 0 Å². The Hall–Kier alpha value is -1.01. The molecule has 0 saturated heterocycles. The molecule has 5 rings (SSSR count). The van der Waals surface area contributed by atoms with Crippen molar-refractivity contribution in [3.8, 4) is 6.07 Å². The largest absolute Gasteiger partial charge is 0.379 e. The fourth-order valence-corrected chi connectivity index (χ4v) is 5.63. The molecule has 0 radical (unpaired) electrons. The Kier molecular flexibility index (Phi) is 2.86. The first-order chi connectivity index (χ1) is 9.66. The second kappa shape index (κ2) is 4.49. The zero-order valence-corrected chi connectivity index (χ0v) is 13.1. The molecule has 1 N–H and O–H groups in total. The summed E-state index contributed by atoms with van der Waals surface area (Å²) in [6, 6.07) is 8.33. The monoisotopic (exact) mass is 330 g/mol. The summed E-state index contributed by atoms with van der Waals surface area (Å²) in [5.74, 6) is 2.78. The first-order valence-corrected chi connectivity index (χ1v) is 8.43. The molecular formula is C17H19BrN2. The summed E-state index contributed by atoms with van der Waals surface area (Å²) in [6.45, 7) is 0. The summed E-state index contributed by atoms with van der Waals surface area (Å²) in [7, 11) is 0. The van der Waals surface area contributed by atoms with Crippen LogP contribution in [0, 0.1) is 29.1 Å². The fraction of sp³-hybridized carbons (Fsp3) is 0.588. The molecule has 4 saturated carbocycles. The molecule has 0 amide bonds. The third-order valence-electron chi connectivity index (χ3n) is 5.54. The van der Waals surface area contributed by atoms with Crippen molar-refractivity contribution >= 4 is 21.6 Å². The average Bonchev–Trinajstić information content (AvgIpc) is 2.39.